The Morgan fingerprint density at radius 1 is 1.21 bits per heavy atom. The number of fused-ring (bicyclic) bond motifs is 1. The summed E-state index contributed by atoms with van der Waals surface area (Å²) in [5.74, 6) is 0. The number of rotatable bonds is 1. The predicted molar refractivity (Wildman–Crippen MR) is 67.1 cm³/mol. The van der Waals surface area contributed by atoms with Crippen LogP contribution in [0.5, 0.6) is 0 Å². The summed E-state index contributed by atoms with van der Waals surface area (Å²) in [5, 5.41) is 19.3. The molecule has 2 rings (SSSR count). The van der Waals surface area contributed by atoms with E-state index in [0.29, 0.717) is 5.46 Å². The fourth-order valence-corrected chi connectivity index (χ4v) is 3.52. The summed E-state index contributed by atoms with van der Waals surface area (Å²) in [6, 6.07) is 5.48. The highest BCUT2D eigenvalue weighted by Gasteiger charge is 2.17. The van der Waals surface area contributed by atoms with Gasteiger partial charge in [-0.1, -0.05) is 22.0 Å². The van der Waals surface area contributed by atoms with Gasteiger partial charge in [0.05, 0.1) is 3.79 Å². The van der Waals surface area contributed by atoms with Gasteiger partial charge in [0.15, 0.2) is 0 Å². The first-order valence-electron chi connectivity index (χ1n) is 3.83. The standard InChI is InChI=1S/C8H5BBr2O2S/c10-6-2-1-5(9(12)13)8-4(6)3-7(11)14-8/h1-3,12-13H. The van der Waals surface area contributed by atoms with Crippen LogP contribution in [0.15, 0.2) is 26.5 Å². The molecular formula is C8H5BBr2O2S. The van der Waals surface area contributed by atoms with Crippen LogP contribution in [-0.4, -0.2) is 17.2 Å². The Kier molecular flexibility index (Phi) is 2.99. The number of benzene rings is 1. The molecule has 1 heterocycles. The van der Waals surface area contributed by atoms with Gasteiger partial charge in [-0.2, -0.15) is 0 Å². The van der Waals surface area contributed by atoms with Gasteiger partial charge in [0.2, 0.25) is 0 Å². The molecule has 0 saturated carbocycles. The van der Waals surface area contributed by atoms with E-state index in [1.165, 1.54) is 11.3 Å². The van der Waals surface area contributed by atoms with Crippen molar-refractivity contribution in [2.45, 2.75) is 0 Å². The molecule has 0 aliphatic carbocycles. The Morgan fingerprint density at radius 2 is 1.93 bits per heavy atom. The molecule has 2 nitrogen and oxygen atoms in total. The monoisotopic (exact) mass is 334 g/mol. The number of hydrogen-bond acceptors (Lipinski definition) is 3. The molecule has 0 bridgehead atoms. The molecule has 0 fully saturated rings. The Labute approximate surface area is 102 Å². The highest BCUT2D eigenvalue weighted by Crippen LogP contribution is 2.33. The normalized spacial score (nSPS) is 10.9. The third-order valence-corrected chi connectivity index (χ3v) is 4.29. The molecule has 0 aliphatic rings. The fourth-order valence-electron chi connectivity index (χ4n) is 1.28. The zero-order chi connectivity index (χ0) is 10.3. The van der Waals surface area contributed by atoms with Crippen molar-refractivity contribution in [2.24, 2.45) is 0 Å². The van der Waals surface area contributed by atoms with Crippen LogP contribution >= 0.6 is 43.2 Å². The zero-order valence-corrected chi connectivity index (χ0v) is 10.9. The van der Waals surface area contributed by atoms with E-state index < -0.39 is 7.12 Å². The average Bonchev–Trinajstić information content (AvgIpc) is 2.47. The predicted octanol–water partition coefficient (Wildman–Crippen LogP) is 2.11. The summed E-state index contributed by atoms with van der Waals surface area (Å²) in [5.41, 5.74) is 0.541. The summed E-state index contributed by atoms with van der Waals surface area (Å²) in [6.45, 7) is 0. The second-order valence-electron chi connectivity index (χ2n) is 2.80. The van der Waals surface area contributed by atoms with E-state index in [4.69, 9.17) is 10.0 Å². The topological polar surface area (TPSA) is 40.5 Å². The van der Waals surface area contributed by atoms with Crippen molar-refractivity contribution in [1.29, 1.82) is 0 Å². The molecule has 0 amide bonds. The molecule has 0 unspecified atom stereocenters. The molecule has 0 radical (unpaired) electrons. The van der Waals surface area contributed by atoms with Gasteiger partial charge in [-0.25, -0.2) is 0 Å². The van der Waals surface area contributed by atoms with E-state index in [0.717, 1.165) is 18.3 Å². The highest BCUT2D eigenvalue weighted by molar-refractivity contribution is 9.11. The van der Waals surface area contributed by atoms with Crippen molar-refractivity contribution < 1.29 is 10.0 Å². The third-order valence-electron chi connectivity index (χ3n) is 1.91. The summed E-state index contributed by atoms with van der Waals surface area (Å²) >= 11 is 8.28. The molecule has 2 aromatic rings. The maximum atomic E-state index is 9.15. The van der Waals surface area contributed by atoms with Crippen LogP contribution in [0.1, 0.15) is 0 Å². The van der Waals surface area contributed by atoms with Crippen molar-refractivity contribution in [3.63, 3.8) is 0 Å². The molecule has 6 heteroatoms. The lowest BCUT2D eigenvalue weighted by Crippen LogP contribution is -2.29. The third kappa shape index (κ3) is 1.77. The first kappa shape index (κ1) is 10.6. The van der Waals surface area contributed by atoms with Crippen LogP contribution < -0.4 is 5.46 Å². The SMILES string of the molecule is OB(O)c1ccc(Br)c2cc(Br)sc12. The molecule has 1 aromatic carbocycles. The number of thiophene rings is 1. The molecule has 0 spiro atoms. The zero-order valence-electron chi connectivity index (χ0n) is 6.87. The second kappa shape index (κ2) is 3.94. The van der Waals surface area contributed by atoms with Gasteiger partial charge in [-0.05, 0) is 33.5 Å². The van der Waals surface area contributed by atoms with Gasteiger partial charge >= 0.3 is 7.12 Å². The van der Waals surface area contributed by atoms with Gasteiger partial charge in [0.25, 0.3) is 0 Å². The molecule has 72 valence electrons. The lowest BCUT2D eigenvalue weighted by atomic mass is 9.80. The minimum Gasteiger partial charge on any atom is -0.423 e. The van der Waals surface area contributed by atoms with Gasteiger partial charge in [0, 0.05) is 14.6 Å². The van der Waals surface area contributed by atoms with Gasteiger partial charge in [-0.3, -0.25) is 0 Å². The van der Waals surface area contributed by atoms with Crippen LogP contribution in [0.2, 0.25) is 0 Å². The van der Waals surface area contributed by atoms with E-state index in [1.807, 2.05) is 12.1 Å². The average molecular weight is 336 g/mol. The van der Waals surface area contributed by atoms with E-state index in [1.54, 1.807) is 6.07 Å². The van der Waals surface area contributed by atoms with Gasteiger partial charge in [-0.15, -0.1) is 11.3 Å². The van der Waals surface area contributed by atoms with Crippen LogP contribution in [-0.2, 0) is 0 Å². The maximum Gasteiger partial charge on any atom is 0.489 e. The van der Waals surface area contributed by atoms with E-state index in [-0.39, 0.29) is 0 Å². The summed E-state index contributed by atoms with van der Waals surface area (Å²) in [7, 11) is -1.42. The van der Waals surface area contributed by atoms with Crippen molar-refractivity contribution in [3.05, 3.63) is 26.5 Å². The first-order chi connectivity index (χ1) is 6.59. The first-order valence-corrected chi connectivity index (χ1v) is 6.23. The molecule has 0 aliphatic heterocycles. The van der Waals surface area contributed by atoms with Gasteiger partial charge < -0.3 is 10.0 Å². The lowest BCUT2D eigenvalue weighted by Gasteiger charge is -2.01. The molecule has 1 aromatic heterocycles. The minimum atomic E-state index is -1.42. The van der Waals surface area contributed by atoms with Crippen LogP contribution in [0.3, 0.4) is 0 Å². The number of hydrogen-bond donors (Lipinski definition) is 2. The van der Waals surface area contributed by atoms with Crippen molar-refractivity contribution in [1.82, 2.24) is 0 Å². The Bertz CT molecular complexity index is 483. The molecule has 2 N–H and O–H groups in total. The Morgan fingerprint density at radius 3 is 2.57 bits per heavy atom. The molecule has 0 atom stereocenters. The van der Waals surface area contributed by atoms with Crippen molar-refractivity contribution in [2.75, 3.05) is 0 Å². The smallest absolute Gasteiger partial charge is 0.423 e. The summed E-state index contributed by atoms with van der Waals surface area (Å²) in [6.07, 6.45) is 0. The minimum absolute atomic E-state index is 0.541. The van der Waals surface area contributed by atoms with Crippen LogP contribution in [0, 0.1) is 0 Å². The summed E-state index contributed by atoms with van der Waals surface area (Å²) < 4.78 is 2.82. The summed E-state index contributed by atoms with van der Waals surface area (Å²) in [4.78, 5) is 0. The van der Waals surface area contributed by atoms with E-state index >= 15 is 0 Å². The van der Waals surface area contributed by atoms with E-state index in [2.05, 4.69) is 31.9 Å². The number of halogens is 2. The maximum absolute atomic E-state index is 9.15. The largest absolute Gasteiger partial charge is 0.489 e. The highest BCUT2D eigenvalue weighted by atomic mass is 79.9. The van der Waals surface area contributed by atoms with Crippen LogP contribution in [0.25, 0.3) is 10.1 Å². The molecular weight excluding hydrogens is 331 g/mol. The van der Waals surface area contributed by atoms with Crippen LogP contribution in [0.4, 0.5) is 0 Å². The quantitative estimate of drug-likeness (QED) is 0.784. The van der Waals surface area contributed by atoms with Crippen molar-refractivity contribution >= 4 is 65.9 Å². The Hall–Kier alpha value is 0.125. The Balaban J connectivity index is 2.81. The molecule has 0 saturated heterocycles. The van der Waals surface area contributed by atoms with E-state index in [9.17, 15) is 0 Å². The molecule has 14 heavy (non-hydrogen) atoms. The lowest BCUT2D eigenvalue weighted by molar-refractivity contribution is 0.426. The van der Waals surface area contributed by atoms with Crippen molar-refractivity contribution in [3.8, 4) is 0 Å². The fraction of sp³-hybridized carbons (Fsp3) is 0. The second-order valence-corrected chi connectivity index (χ2v) is 6.09. The van der Waals surface area contributed by atoms with Gasteiger partial charge in [0.1, 0.15) is 0 Å².